The largest absolute Gasteiger partial charge is 0.495 e. The first-order chi connectivity index (χ1) is 10.5. The van der Waals surface area contributed by atoms with E-state index in [1.54, 1.807) is 6.07 Å². The summed E-state index contributed by atoms with van der Waals surface area (Å²) in [6.45, 7) is 0.450. The Morgan fingerprint density at radius 2 is 2.05 bits per heavy atom. The molecule has 1 aromatic carbocycles. The number of amides is 1. The summed E-state index contributed by atoms with van der Waals surface area (Å²) in [6.07, 6.45) is 0. The van der Waals surface area contributed by atoms with Crippen LogP contribution in [0.1, 0.15) is 11.1 Å². The smallest absolute Gasteiger partial charge is 0.253 e. The zero-order valence-corrected chi connectivity index (χ0v) is 13.2. The molecule has 0 atom stereocenters. The average Bonchev–Trinajstić information content (AvgIpc) is 2.97. The van der Waals surface area contributed by atoms with Crippen LogP contribution in [0.5, 0.6) is 5.75 Å². The molecule has 0 unspecified atom stereocenters. The Morgan fingerprint density at radius 1 is 1.36 bits per heavy atom. The van der Waals surface area contributed by atoms with Gasteiger partial charge in [0.15, 0.2) is 0 Å². The molecule has 3 rings (SSSR count). The Balaban J connectivity index is 2.27. The van der Waals surface area contributed by atoms with E-state index in [4.69, 9.17) is 33.7 Å². The maximum Gasteiger partial charge on any atom is 0.253 e. The number of carbonyl (C=O) groups is 1. The highest BCUT2D eigenvalue weighted by molar-refractivity contribution is 6.46. The molecule has 0 spiro atoms. The second-order valence-electron chi connectivity index (χ2n) is 4.99. The van der Waals surface area contributed by atoms with Gasteiger partial charge in [0.05, 0.1) is 30.7 Å². The van der Waals surface area contributed by atoms with E-state index in [1.807, 2.05) is 0 Å². The Labute approximate surface area is 135 Å². The van der Waals surface area contributed by atoms with Crippen molar-refractivity contribution in [2.24, 2.45) is 5.73 Å². The first-order valence-corrected chi connectivity index (χ1v) is 7.31. The molecule has 0 saturated heterocycles. The van der Waals surface area contributed by atoms with Crippen LogP contribution >= 0.6 is 23.2 Å². The molecule has 1 aliphatic heterocycles. The number of nitrogens with one attached hydrogen (secondary N) is 1. The number of hydrogen-bond acceptors (Lipinski definition) is 4. The molecule has 1 aliphatic rings. The highest BCUT2D eigenvalue weighted by Gasteiger charge is 2.28. The van der Waals surface area contributed by atoms with Crippen LogP contribution in [0, 0.1) is 0 Å². The molecule has 8 heteroatoms. The van der Waals surface area contributed by atoms with E-state index in [9.17, 15) is 9.59 Å². The van der Waals surface area contributed by atoms with Gasteiger partial charge in [-0.05, 0) is 11.6 Å². The lowest BCUT2D eigenvalue weighted by Gasteiger charge is -2.13. The molecule has 22 heavy (non-hydrogen) atoms. The lowest BCUT2D eigenvalue weighted by Crippen LogP contribution is -2.31. The minimum Gasteiger partial charge on any atom is -0.495 e. The summed E-state index contributed by atoms with van der Waals surface area (Å²) in [5.74, 6) is 0.202. The van der Waals surface area contributed by atoms with Crippen molar-refractivity contribution < 1.29 is 9.53 Å². The SMILES string of the molecule is COc1cc2c3c(c(=O)[nH]c2c(Cl)c1Cl)CN(C(=O)CN)C3. The zero-order chi connectivity index (χ0) is 16.0. The monoisotopic (exact) mass is 341 g/mol. The van der Waals surface area contributed by atoms with Crippen molar-refractivity contribution in [3.8, 4) is 5.75 Å². The van der Waals surface area contributed by atoms with Gasteiger partial charge in [0.25, 0.3) is 5.56 Å². The second-order valence-corrected chi connectivity index (χ2v) is 5.75. The Morgan fingerprint density at radius 3 is 2.68 bits per heavy atom. The molecular formula is C14H13Cl2N3O3. The standard InChI is InChI=1S/C14H13Cl2N3O3/c1-22-9-2-6-7-4-19(10(20)3-17)5-8(7)14(21)18-13(6)12(16)11(9)15/h2H,3-5,17H2,1H3,(H,18,21). The van der Waals surface area contributed by atoms with E-state index in [0.29, 0.717) is 28.8 Å². The fraction of sp³-hybridized carbons (Fsp3) is 0.286. The summed E-state index contributed by atoms with van der Waals surface area (Å²) < 4.78 is 5.21. The molecular weight excluding hydrogens is 329 g/mol. The van der Waals surface area contributed by atoms with Crippen LogP contribution in [-0.4, -0.2) is 29.4 Å². The van der Waals surface area contributed by atoms with Crippen molar-refractivity contribution in [2.45, 2.75) is 13.1 Å². The van der Waals surface area contributed by atoms with Gasteiger partial charge in [-0.25, -0.2) is 0 Å². The van der Waals surface area contributed by atoms with E-state index >= 15 is 0 Å². The molecule has 0 fully saturated rings. The van der Waals surface area contributed by atoms with E-state index in [1.165, 1.54) is 12.0 Å². The third-order valence-corrected chi connectivity index (χ3v) is 4.67. The molecule has 0 saturated carbocycles. The first kappa shape index (κ1) is 15.1. The fourth-order valence-electron chi connectivity index (χ4n) is 2.69. The molecule has 2 aromatic rings. The predicted molar refractivity (Wildman–Crippen MR) is 84.4 cm³/mol. The van der Waals surface area contributed by atoms with E-state index in [-0.39, 0.29) is 34.6 Å². The summed E-state index contributed by atoms with van der Waals surface area (Å²) in [5, 5.41) is 1.17. The molecule has 3 N–H and O–H groups in total. The number of H-pyrrole nitrogens is 1. The van der Waals surface area contributed by atoms with Crippen molar-refractivity contribution in [2.75, 3.05) is 13.7 Å². The van der Waals surface area contributed by atoms with E-state index < -0.39 is 0 Å². The quantitative estimate of drug-likeness (QED) is 0.869. The Bertz CT molecular complexity index is 848. The Kier molecular flexibility index (Phi) is 3.76. The molecule has 6 nitrogen and oxygen atoms in total. The molecule has 0 aliphatic carbocycles. The highest BCUT2D eigenvalue weighted by atomic mass is 35.5. The number of ether oxygens (including phenoxy) is 1. The molecule has 1 amide bonds. The number of fused-ring (bicyclic) bond motifs is 3. The topological polar surface area (TPSA) is 88.4 Å². The lowest BCUT2D eigenvalue weighted by molar-refractivity contribution is -0.130. The van der Waals surface area contributed by atoms with Crippen LogP contribution < -0.4 is 16.0 Å². The molecule has 1 aromatic heterocycles. The van der Waals surface area contributed by atoms with Gasteiger partial charge in [-0.3, -0.25) is 9.59 Å². The third kappa shape index (κ3) is 2.15. The molecule has 116 valence electrons. The molecule has 0 bridgehead atoms. The maximum atomic E-state index is 12.2. The summed E-state index contributed by atoms with van der Waals surface area (Å²) in [6, 6.07) is 1.72. The number of nitrogens with zero attached hydrogens (tertiary/aromatic N) is 1. The third-order valence-electron chi connectivity index (χ3n) is 3.82. The summed E-state index contributed by atoms with van der Waals surface area (Å²) in [4.78, 5) is 28.3. The summed E-state index contributed by atoms with van der Waals surface area (Å²) in [7, 11) is 1.49. The highest BCUT2D eigenvalue weighted by Crippen LogP contribution is 2.40. The van der Waals surface area contributed by atoms with Gasteiger partial charge in [0, 0.05) is 17.5 Å². The van der Waals surface area contributed by atoms with Crippen molar-refractivity contribution in [1.82, 2.24) is 9.88 Å². The normalized spacial score (nSPS) is 13.5. The average molecular weight is 342 g/mol. The van der Waals surface area contributed by atoms with Crippen molar-refractivity contribution in [1.29, 1.82) is 0 Å². The maximum absolute atomic E-state index is 12.2. The lowest BCUT2D eigenvalue weighted by atomic mass is 10.1. The minimum absolute atomic E-state index is 0.0975. The molecule has 2 heterocycles. The predicted octanol–water partition coefficient (Wildman–Crippen LogP) is 1.64. The van der Waals surface area contributed by atoms with Crippen LogP contribution in [-0.2, 0) is 17.9 Å². The number of aromatic amines is 1. The van der Waals surface area contributed by atoms with Gasteiger partial charge in [0.2, 0.25) is 5.91 Å². The molecule has 0 radical (unpaired) electrons. The fourth-order valence-corrected chi connectivity index (χ4v) is 3.16. The number of carbonyl (C=O) groups excluding carboxylic acids is 1. The van der Waals surface area contributed by atoms with Gasteiger partial charge in [0.1, 0.15) is 10.8 Å². The zero-order valence-electron chi connectivity index (χ0n) is 11.7. The van der Waals surface area contributed by atoms with Crippen molar-refractivity contribution in [3.05, 3.63) is 37.6 Å². The van der Waals surface area contributed by atoms with Crippen LogP contribution in [0.2, 0.25) is 10.0 Å². The van der Waals surface area contributed by atoms with Gasteiger partial charge in [-0.15, -0.1) is 0 Å². The van der Waals surface area contributed by atoms with E-state index in [0.717, 1.165) is 5.56 Å². The van der Waals surface area contributed by atoms with Crippen LogP contribution in [0.3, 0.4) is 0 Å². The number of pyridine rings is 1. The Hall–Kier alpha value is -1.76. The van der Waals surface area contributed by atoms with Gasteiger partial charge >= 0.3 is 0 Å². The van der Waals surface area contributed by atoms with Crippen LogP contribution in [0.25, 0.3) is 10.9 Å². The van der Waals surface area contributed by atoms with Crippen molar-refractivity contribution >= 4 is 40.0 Å². The second kappa shape index (κ2) is 5.46. The van der Waals surface area contributed by atoms with Gasteiger partial charge < -0.3 is 20.4 Å². The number of benzene rings is 1. The minimum atomic E-state index is -0.280. The van der Waals surface area contributed by atoms with E-state index in [2.05, 4.69) is 4.98 Å². The summed E-state index contributed by atoms with van der Waals surface area (Å²) >= 11 is 12.3. The van der Waals surface area contributed by atoms with Crippen LogP contribution in [0.4, 0.5) is 0 Å². The van der Waals surface area contributed by atoms with Crippen molar-refractivity contribution in [3.63, 3.8) is 0 Å². The van der Waals surface area contributed by atoms with Gasteiger partial charge in [-0.2, -0.15) is 0 Å². The van der Waals surface area contributed by atoms with Gasteiger partial charge in [-0.1, -0.05) is 23.2 Å². The summed E-state index contributed by atoms with van der Waals surface area (Å²) in [5.41, 5.74) is 6.84. The number of hydrogen-bond donors (Lipinski definition) is 2. The first-order valence-electron chi connectivity index (χ1n) is 6.55. The number of methoxy groups -OCH3 is 1. The number of aromatic nitrogens is 1. The number of nitrogens with two attached hydrogens (primary N) is 1. The number of rotatable bonds is 2. The number of halogens is 2. The van der Waals surface area contributed by atoms with Crippen LogP contribution in [0.15, 0.2) is 10.9 Å².